The molecule has 2 fully saturated rings. The van der Waals surface area contributed by atoms with Crippen molar-refractivity contribution in [2.75, 3.05) is 13.1 Å². The number of carbonyl (C=O) groups is 1. The molecule has 96 valence electrons. The Bertz CT molecular complexity index is 416. The first-order valence-corrected chi connectivity index (χ1v) is 7.09. The van der Waals surface area contributed by atoms with Crippen LogP contribution in [0.3, 0.4) is 0 Å². The fourth-order valence-electron chi connectivity index (χ4n) is 3.60. The lowest BCUT2D eigenvalue weighted by Gasteiger charge is -2.23. The summed E-state index contributed by atoms with van der Waals surface area (Å²) in [6.07, 6.45) is 4.13. The largest absolute Gasteiger partial charge is 0.293 e. The van der Waals surface area contributed by atoms with Crippen molar-refractivity contribution in [2.45, 2.75) is 32.2 Å². The molecule has 3 unspecified atom stereocenters. The molecule has 0 N–H and O–H groups in total. The van der Waals surface area contributed by atoms with Gasteiger partial charge in [-0.2, -0.15) is 0 Å². The fourth-order valence-corrected chi connectivity index (χ4v) is 3.60. The number of rotatable bonds is 3. The van der Waals surface area contributed by atoms with Crippen LogP contribution in [0, 0.1) is 11.8 Å². The van der Waals surface area contributed by atoms with Gasteiger partial charge in [-0.05, 0) is 31.6 Å². The zero-order valence-electron chi connectivity index (χ0n) is 11.0. The van der Waals surface area contributed by atoms with Gasteiger partial charge in [0.25, 0.3) is 0 Å². The molecule has 0 amide bonds. The lowest BCUT2D eigenvalue weighted by atomic mass is 10.0. The van der Waals surface area contributed by atoms with Gasteiger partial charge >= 0.3 is 0 Å². The van der Waals surface area contributed by atoms with Gasteiger partial charge in [0.2, 0.25) is 0 Å². The molecule has 2 nitrogen and oxygen atoms in total. The monoisotopic (exact) mass is 243 g/mol. The number of carbonyl (C=O) groups excluding carboxylic acids is 1. The van der Waals surface area contributed by atoms with Crippen LogP contribution in [0.5, 0.6) is 0 Å². The molecule has 3 atom stereocenters. The Hall–Kier alpha value is -1.15. The molecular weight excluding hydrogens is 222 g/mol. The molecule has 2 heteroatoms. The van der Waals surface area contributed by atoms with Crippen LogP contribution < -0.4 is 0 Å². The van der Waals surface area contributed by atoms with Crippen molar-refractivity contribution in [3.63, 3.8) is 0 Å². The number of nitrogens with zero attached hydrogens (tertiary/aromatic N) is 1. The molecular formula is C16H21NO. The van der Waals surface area contributed by atoms with Gasteiger partial charge in [-0.15, -0.1) is 0 Å². The van der Waals surface area contributed by atoms with Gasteiger partial charge in [0, 0.05) is 18.7 Å². The van der Waals surface area contributed by atoms with Crippen LogP contribution in [0.15, 0.2) is 30.3 Å². The maximum absolute atomic E-state index is 12.4. The van der Waals surface area contributed by atoms with Crippen LogP contribution in [0.4, 0.5) is 0 Å². The first kappa shape index (κ1) is 11.9. The number of benzene rings is 1. The van der Waals surface area contributed by atoms with Gasteiger partial charge in [0.05, 0.1) is 6.04 Å². The summed E-state index contributed by atoms with van der Waals surface area (Å²) in [7, 11) is 0. The van der Waals surface area contributed by atoms with Gasteiger partial charge in [-0.25, -0.2) is 0 Å². The maximum Gasteiger partial charge on any atom is 0.179 e. The van der Waals surface area contributed by atoms with E-state index in [1.54, 1.807) is 0 Å². The Kier molecular flexibility index (Phi) is 3.21. The van der Waals surface area contributed by atoms with E-state index in [9.17, 15) is 4.79 Å². The number of Topliss-reactive ketones (excluding diaryl/α,β-unsaturated/α-hetero) is 1. The summed E-state index contributed by atoms with van der Waals surface area (Å²) in [6.45, 7) is 4.32. The van der Waals surface area contributed by atoms with Crippen LogP contribution in [0.1, 0.15) is 36.5 Å². The van der Waals surface area contributed by atoms with Crippen LogP contribution >= 0.6 is 0 Å². The van der Waals surface area contributed by atoms with E-state index < -0.39 is 0 Å². The molecule has 1 aromatic carbocycles. The van der Waals surface area contributed by atoms with E-state index in [1.165, 1.54) is 19.3 Å². The van der Waals surface area contributed by atoms with Gasteiger partial charge in [0.1, 0.15) is 0 Å². The fraction of sp³-hybridized carbons (Fsp3) is 0.562. The van der Waals surface area contributed by atoms with E-state index in [0.29, 0.717) is 0 Å². The average molecular weight is 243 g/mol. The van der Waals surface area contributed by atoms with Crippen molar-refractivity contribution in [3.8, 4) is 0 Å². The van der Waals surface area contributed by atoms with Crippen molar-refractivity contribution in [1.29, 1.82) is 0 Å². The minimum atomic E-state index is 0.0398. The molecule has 0 bridgehead atoms. The number of hydrogen-bond acceptors (Lipinski definition) is 2. The molecule has 1 aliphatic carbocycles. The molecule has 0 aromatic heterocycles. The molecule has 0 radical (unpaired) electrons. The Morgan fingerprint density at radius 1 is 1.17 bits per heavy atom. The third-order valence-corrected chi connectivity index (χ3v) is 4.74. The summed E-state index contributed by atoms with van der Waals surface area (Å²) in [6, 6.07) is 9.74. The number of likely N-dealkylation sites (tertiary alicyclic amines) is 1. The highest BCUT2D eigenvalue weighted by molar-refractivity contribution is 5.99. The second kappa shape index (κ2) is 4.85. The summed E-state index contributed by atoms with van der Waals surface area (Å²) < 4.78 is 0. The molecule has 1 aliphatic heterocycles. The molecule has 2 aliphatic rings. The Morgan fingerprint density at radius 2 is 1.78 bits per heavy atom. The number of ketones is 1. The SMILES string of the molecule is CC(C(=O)c1ccccc1)N1CC2CCCC2C1. The lowest BCUT2D eigenvalue weighted by molar-refractivity contribution is 0.0858. The highest BCUT2D eigenvalue weighted by Gasteiger charge is 2.39. The summed E-state index contributed by atoms with van der Waals surface area (Å²) in [5, 5.41) is 0. The summed E-state index contributed by atoms with van der Waals surface area (Å²) in [5.74, 6) is 1.99. The molecule has 0 spiro atoms. The number of hydrogen-bond donors (Lipinski definition) is 0. The molecule has 18 heavy (non-hydrogen) atoms. The highest BCUT2D eigenvalue weighted by atomic mass is 16.1. The third kappa shape index (κ3) is 2.10. The second-order valence-corrected chi connectivity index (χ2v) is 5.81. The van der Waals surface area contributed by atoms with Crippen LogP contribution in [0.25, 0.3) is 0 Å². The normalized spacial score (nSPS) is 29.2. The smallest absolute Gasteiger partial charge is 0.179 e. The standard InChI is InChI=1S/C16H21NO/c1-12(16(18)13-6-3-2-4-7-13)17-10-14-8-5-9-15(14)11-17/h2-4,6-7,12,14-15H,5,8-11H2,1H3. The predicted octanol–water partition coefficient (Wildman–Crippen LogP) is 2.99. The third-order valence-electron chi connectivity index (χ3n) is 4.74. The maximum atomic E-state index is 12.4. The van der Waals surface area contributed by atoms with Crippen LogP contribution in [-0.4, -0.2) is 29.8 Å². The first-order valence-electron chi connectivity index (χ1n) is 7.09. The van der Waals surface area contributed by atoms with E-state index >= 15 is 0 Å². The van der Waals surface area contributed by atoms with Crippen molar-refractivity contribution in [3.05, 3.63) is 35.9 Å². The summed E-state index contributed by atoms with van der Waals surface area (Å²) >= 11 is 0. The van der Waals surface area contributed by atoms with E-state index in [-0.39, 0.29) is 11.8 Å². The molecule has 3 rings (SSSR count). The zero-order chi connectivity index (χ0) is 12.5. The quantitative estimate of drug-likeness (QED) is 0.761. The highest BCUT2D eigenvalue weighted by Crippen LogP contribution is 2.38. The van der Waals surface area contributed by atoms with Crippen molar-refractivity contribution in [2.24, 2.45) is 11.8 Å². The Balaban J connectivity index is 1.68. The van der Waals surface area contributed by atoms with E-state index in [2.05, 4.69) is 11.8 Å². The van der Waals surface area contributed by atoms with Gasteiger partial charge < -0.3 is 0 Å². The van der Waals surface area contributed by atoms with E-state index in [0.717, 1.165) is 30.5 Å². The average Bonchev–Trinajstić information content (AvgIpc) is 2.99. The summed E-state index contributed by atoms with van der Waals surface area (Å²) in [5.41, 5.74) is 0.849. The molecule has 1 heterocycles. The Labute approximate surface area is 109 Å². The Morgan fingerprint density at radius 3 is 2.39 bits per heavy atom. The first-order chi connectivity index (χ1) is 8.75. The molecule has 1 saturated heterocycles. The van der Waals surface area contributed by atoms with Gasteiger partial charge in [0.15, 0.2) is 5.78 Å². The summed E-state index contributed by atoms with van der Waals surface area (Å²) in [4.78, 5) is 14.8. The van der Waals surface area contributed by atoms with Crippen LogP contribution in [0.2, 0.25) is 0 Å². The van der Waals surface area contributed by atoms with E-state index in [1.807, 2.05) is 30.3 Å². The second-order valence-electron chi connectivity index (χ2n) is 5.81. The minimum Gasteiger partial charge on any atom is -0.293 e. The zero-order valence-corrected chi connectivity index (χ0v) is 11.0. The van der Waals surface area contributed by atoms with E-state index in [4.69, 9.17) is 0 Å². The van der Waals surface area contributed by atoms with Crippen LogP contribution in [-0.2, 0) is 0 Å². The molecule has 1 saturated carbocycles. The topological polar surface area (TPSA) is 20.3 Å². The van der Waals surface area contributed by atoms with Crippen molar-refractivity contribution >= 4 is 5.78 Å². The predicted molar refractivity (Wildman–Crippen MR) is 72.6 cm³/mol. The van der Waals surface area contributed by atoms with Gasteiger partial charge in [-0.1, -0.05) is 36.8 Å². The number of fused-ring (bicyclic) bond motifs is 1. The molecule has 1 aromatic rings. The van der Waals surface area contributed by atoms with Crippen molar-refractivity contribution in [1.82, 2.24) is 4.90 Å². The minimum absolute atomic E-state index is 0.0398. The van der Waals surface area contributed by atoms with Gasteiger partial charge in [-0.3, -0.25) is 9.69 Å². The lowest BCUT2D eigenvalue weighted by Crippen LogP contribution is -2.38. The van der Waals surface area contributed by atoms with Crippen molar-refractivity contribution < 1.29 is 4.79 Å².